The fraction of sp³-hybridized carbons (Fsp3) is 0.400. The Kier molecular flexibility index (Phi) is 5.75. The van der Waals surface area contributed by atoms with Gasteiger partial charge in [0.25, 0.3) is 0 Å². The summed E-state index contributed by atoms with van der Waals surface area (Å²) in [6.07, 6.45) is 0. The van der Waals surface area contributed by atoms with E-state index in [9.17, 15) is 16.8 Å². The number of halogens is 1. The monoisotopic (exact) mass is 326 g/mol. The highest BCUT2D eigenvalue weighted by molar-refractivity contribution is 7.90. The molecule has 108 valence electrons. The molecule has 0 saturated heterocycles. The van der Waals surface area contributed by atoms with E-state index in [2.05, 4.69) is 9.44 Å². The first-order valence-electron chi connectivity index (χ1n) is 5.38. The molecule has 0 aliphatic carbocycles. The molecule has 1 rings (SSSR count). The molecule has 2 N–H and O–H groups in total. The van der Waals surface area contributed by atoms with Gasteiger partial charge in [0, 0.05) is 11.6 Å². The molecule has 1 aromatic rings. The van der Waals surface area contributed by atoms with Gasteiger partial charge in [-0.2, -0.15) is 0 Å². The van der Waals surface area contributed by atoms with Crippen molar-refractivity contribution in [1.82, 2.24) is 9.44 Å². The van der Waals surface area contributed by atoms with Crippen molar-refractivity contribution in [3.05, 3.63) is 34.9 Å². The van der Waals surface area contributed by atoms with Crippen molar-refractivity contribution >= 4 is 31.6 Å². The molecule has 0 unspecified atom stereocenters. The van der Waals surface area contributed by atoms with Crippen LogP contribution < -0.4 is 9.44 Å². The highest BCUT2D eigenvalue weighted by atomic mass is 35.5. The van der Waals surface area contributed by atoms with E-state index in [0.717, 1.165) is 0 Å². The summed E-state index contributed by atoms with van der Waals surface area (Å²) in [5, 5.41) is 0.357. The Morgan fingerprint density at radius 3 is 2.32 bits per heavy atom. The summed E-state index contributed by atoms with van der Waals surface area (Å²) in [5.41, 5.74) is 0.466. The Bertz CT molecular complexity index is 629. The van der Waals surface area contributed by atoms with Crippen molar-refractivity contribution < 1.29 is 16.8 Å². The number of rotatable bonds is 7. The summed E-state index contributed by atoms with van der Waals surface area (Å²) in [5.74, 6) is -0.600. The predicted octanol–water partition coefficient (Wildman–Crippen LogP) is 0.309. The first-order chi connectivity index (χ1) is 8.76. The Balaban J connectivity index is 2.61. The number of hydrogen-bond acceptors (Lipinski definition) is 4. The van der Waals surface area contributed by atoms with Crippen LogP contribution in [0.4, 0.5) is 0 Å². The van der Waals surface area contributed by atoms with Crippen LogP contribution in [-0.2, 0) is 25.8 Å². The molecule has 0 saturated carbocycles. The third-order valence-corrected chi connectivity index (χ3v) is 5.37. The molecule has 1 aromatic carbocycles. The second kappa shape index (κ2) is 6.67. The lowest BCUT2D eigenvalue weighted by Crippen LogP contribution is -2.33. The van der Waals surface area contributed by atoms with E-state index in [-0.39, 0.29) is 18.1 Å². The summed E-state index contributed by atoms with van der Waals surface area (Å²) in [7, 11) is -5.77. The maximum absolute atomic E-state index is 11.7. The zero-order valence-electron chi connectivity index (χ0n) is 10.3. The van der Waals surface area contributed by atoms with E-state index < -0.39 is 20.0 Å². The molecule has 0 aliphatic rings. The summed E-state index contributed by atoms with van der Waals surface area (Å²) in [6.45, 7) is -0.185. The van der Waals surface area contributed by atoms with Gasteiger partial charge in [-0.25, -0.2) is 26.3 Å². The van der Waals surface area contributed by atoms with Gasteiger partial charge in [-0.05, 0) is 18.7 Å². The van der Waals surface area contributed by atoms with E-state index in [0.29, 0.717) is 10.6 Å². The topological polar surface area (TPSA) is 92.3 Å². The molecule has 0 heterocycles. The van der Waals surface area contributed by atoms with Crippen molar-refractivity contribution in [3.63, 3.8) is 0 Å². The molecule has 0 aliphatic heterocycles. The lowest BCUT2D eigenvalue weighted by molar-refractivity contribution is 0.578. The maximum Gasteiger partial charge on any atom is 0.215 e. The Morgan fingerprint density at radius 1 is 1.11 bits per heavy atom. The van der Waals surface area contributed by atoms with Crippen LogP contribution in [0, 0.1) is 0 Å². The maximum atomic E-state index is 11.7. The molecule has 0 radical (unpaired) electrons. The van der Waals surface area contributed by atoms with Gasteiger partial charge in [0.05, 0.1) is 11.5 Å². The lowest BCUT2D eigenvalue weighted by Gasteiger charge is -2.08. The van der Waals surface area contributed by atoms with Crippen LogP contribution in [0.15, 0.2) is 24.3 Å². The molecule has 0 aromatic heterocycles. The van der Waals surface area contributed by atoms with Crippen LogP contribution in [0.5, 0.6) is 0 Å². The van der Waals surface area contributed by atoms with Gasteiger partial charge >= 0.3 is 0 Å². The zero-order valence-corrected chi connectivity index (χ0v) is 12.6. The highest BCUT2D eigenvalue weighted by Gasteiger charge is 2.15. The van der Waals surface area contributed by atoms with Crippen molar-refractivity contribution in [2.45, 2.75) is 5.75 Å². The first-order valence-corrected chi connectivity index (χ1v) is 9.06. The van der Waals surface area contributed by atoms with Crippen LogP contribution in [0.2, 0.25) is 5.02 Å². The quantitative estimate of drug-likeness (QED) is 0.754. The van der Waals surface area contributed by atoms with Crippen molar-refractivity contribution in [1.29, 1.82) is 0 Å². The molecule has 0 fully saturated rings. The number of nitrogens with one attached hydrogen (secondary N) is 2. The largest absolute Gasteiger partial charge is 0.218 e. The van der Waals surface area contributed by atoms with Gasteiger partial charge in [-0.15, -0.1) is 0 Å². The van der Waals surface area contributed by atoms with Gasteiger partial charge < -0.3 is 0 Å². The second-order valence-electron chi connectivity index (χ2n) is 3.77. The van der Waals surface area contributed by atoms with E-state index in [1.807, 2.05) is 0 Å². The Hall–Kier alpha value is -0.670. The molecule has 0 amide bonds. The summed E-state index contributed by atoms with van der Waals surface area (Å²) in [4.78, 5) is 0. The third kappa shape index (κ3) is 5.87. The number of benzene rings is 1. The predicted molar refractivity (Wildman–Crippen MR) is 74.9 cm³/mol. The third-order valence-electron chi connectivity index (χ3n) is 2.31. The summed E-state index contributed by atoms with van der Waals surface area (Å²) >= 11 is 5.86. The summed E-state index contributed by atoms with van der Waals surface area (Å²) < 4.78 is 50.1. The molecule has 6 nitrogen and oxygen atoms in total. The fourth-order valence-corrected chi connectivity index (χ4v) is 3.47. The molecular formula is C10H15ClN2O4S2. The number of sulfonamides is 2. The summed E-state index contributed by atoms with van der Waals surface area (Å²) in [6, 6.07) is 6.58. The van der Waals surface area contributed by atoms with Crippen LogP contribution in [0.25, 0.3) is 0 Å². The van der Waals surface area contributed by atoms with Crippen LogP contribution >= 0.6 is 11.6 Å². The normalized spacial score (nSPS) is 12.5. The van der Waals surface area contributed by atoms with Crippen LogP contribution in [0.1, 0.15) is 5.56 Å². The van der Waals surface area contributed by atoms with Gasteiger partial charge in [-0.1, -0.05) is 29.8 Å². The number of hydrogen-bond donors (Lipinski definition) is 2. The fourth-order valence-electron chi connectivity index (χ4n) is 1.30. The van der Waals surface area contributed by atoms with Crippen LogP contribution in [0.3, 0.4) is 0 Å². The van der Waals surface area contributed by atoms with E-state index in [4.69, 9.17) is 11.6 Å². The average Bonchev–Trinajstić information content (AvgIpc) is 2.31. The van der Waals surface area contributed by atoms with E-state index >= 15 is 0 Å². The molecule has 0 atom stereocenters. The molecule has 0 spiro atoms. The van der Waals surface area contributed by atoms with Crippen molar-refractivity contribution in [3.8, 4) is 0 Å². The molecule has 9 heteroatoms. The van der Waals surface area contributed by atoms with Gasteiger partial charge in [0.1, 0.15) is 0 Å². The minimum atomic E-state index is -3.61. The van der Waals surface area contributed by atoms with E-state index in [1.165, 1.54) is 7.05 Å². The van der Waals surface area contributed by atoms with Crippen LogP contribution in [-0.4, -0.2) is 36.2 Å². The standard InChI is InChI=1S/C10H15ClN2O4S2/c1-12-18(14,15)7-6-13-19(16,17)8-9-4-2-3-5-10(9)11/h2-5,12-13H,6-8H2,1H3. The van der Waals surface area contributed by atoms with Crippen molar-refractivity contribution in [2.24, 2.45) is 0 Å². The SMILES string of the molecule is CNS(=O)(=O)CCNS(=O)(=O)Cc1ccccc1Cl. The Labute approximate surface area is 118 Å². The molecular weight excluding hydrogens is 312 g/mol. The zero-order chi connectivity index (χ0) is 14.5. The minimum Gasteiger partial charge on any atom is -0.218 e. The van der Waals surface area contributed by atoms with Gasteiger partial charge in [0.2, 0.25) is 20.0 Å². The Morgan fingerprint density at radius 2 is 1.74 bits per heavy atom. The highest BCUT2D eigenvalue weighted by Crippen LogP contribution is 2.16. The minimum absolute atomic E-state index is 0.185. The average molecular weight is 327 g/mol. The smallest absolute Gasteiger partial charge is 0.215 e. The molecule has 19 heavy (non-hydrogen) atoms. The second-order valence-corrected chi connectivity index (χ2v) is 8.03. The first kappa shape index (κ1) is 16.4. The van der Waals surface area contributed by atoms with E-state index in [1.54, 1.807) is 24.3 Å². The lowest BCUT2D eigenvalue weighted by atomic mass is 10.2. The van der Waals surface area contributed by atoms with Gasteiger partial charge in [0.15, 0.2) is 0 Å². The molecule has 0 bridgehead atoms. The van der Waals surface area contributed by atoms with Crippen molar-refractivity contribution in [2.75, 3.05) is 19.3 Å². The van der Waals surface area contributed by atoms with Gasteiger partial charge in [-0.3, -0.25) is 0 Å².